The molecule has 1 aromatic heterocycles. The Morgan fingerprint density at radius 2 is 1.05 bits per heavy atom. The number of para-hydroxylation sites is 5. The molecule has 6 aromatic rings. The van der Waals surface area contributed by atoms with Gasteiger partial charge in [-0.25, -0.2) is 9.97 Å². The van der Waals surface area contributed by atoms with Crippen molar-refractivity contribution in [2.24, 2.45) is 0 Å². The van der Waals surface area contributed by atoms with E-state index < -0.39 is 0 Å². The van der Waals surface area contributed by atoms with Crippen molar-refractivity contribution in [3.63, 3.8) is 0 Å². The van der Waals surface area contributed by atoms with Gasteiger partial charge in [0.25, 0.3) is 0 Å². The van der Waals surface area contributed by atoms with Crippen LogP contribution in [0.5, 0.6) is 23.0 Å². The summed E-state index contributed by atoms with van der Waals surface area (Å²) >= 11 is 0. The SMILES string of the molecule is c1ccc(-c2nc3ccccc3nc2-c2ccc3c(c2)Oc2cccc4c2N3c2ccccc2O4)cc1. The Morgan fingerprint density at radius 3 is 1.84 bits per heavy atom. The normalized spacial score (nSPS) is 12.7. The first-order chi connectivity index (χ1) is 18.3. The molecule has 174 valence electrons. The number of hydrogen-bond donors (Lipinski definition) is 0. The van der Waals surface area contributed by atoms with Gasteiger partial charge >= 0.3 is 0 Å². The van der Waals surface area contributed by atoms with Crippen LogP contribution in [0, 0.1) is 0 Å². The molecule has 3 heterocycles. The van der Waals surface area contributed by atoms with E-state index in [9.17, 15) is 0 Å². The lowest BCUT2D eigenvalue weighted by Gasteiger charge is -2.37. The van der Waals surface area contributed by atoms with E-state index >= 15 is 0 Å². The Bertz CT molecular complexity index is 1850. The predicted octanol–water partition coefficient (Wildman–Crippen LogP) is 8.64. The highest BCUT2D eigenvalue weighted by Gasteiger charge is 2.34. The molecule has 0 radical (unpaired) electrons. The molecule has 0 aliphatic carbocycles. The molecule has 0 spiro atoms. The Hall–Kier alpha value is -5.16. The Morgan fingerprint density at radius 1 is 0.459 bits per heavy atom. The van der Waals surface area contributed by atoms with E-state index in [0.717, 1.165) is 73.6 Å². The topological polar surface area (TPSA) is 47.5 Å². The summed E-state index contributed by atoms with van der Waals surface area (Å²) < 4.78 is 12.7. The van der Waals surface area contributed by atoms with Gasteiger partial charge in [0.15, 0.2) is 23.0 Å². The van der Waals surface area contributed by atoms with E-state index in [-0.39, 0.29) is 0 Å². The van der Waals surface area contributed by atoms with Crippen LogP contribution in [-0.2, 0) is 0 Å². The van der Waals surface area contributed by atoms with Crippen molar-refractivity contribution in [1.29, 1.82) is 0 Å². The maximum absolute atomic E-state index is 6.46. The lowest BCUT2D eigenvalue weighted by Crippen LogP contribution is -2.20. The molecule has 8 rings (SSSR count). The number of nitrogens with zero attached hydrogens (tertiary/aromatic N) is 3. The van der Waals surface area contributed by atoms with Crippen LogP contribution < -0.4 is 14.4 Å². The molecule has 0 saturated heterocycles. The molecule has 2 aliphatic heterocycles. The number of aromatic nitrogens is 2. The summed E-state index contributed by atoms with van der Waals surface area (Å²) in [5.74, 6) is 3.10. The van der Waals surface area contributed by atoms with Crippen LogP contribution in [0.2, 0.25) is 0 Å². The van der Waals surface area contributed by atoms with Gasteiger partial charge in [-0.2, -0.15) is 0 Å². The quantitative estimate of drug-likeness (QED) is 0.249. The van der Waals surface area contributed by atoms with Gasteiger partial charge in [-0.15, -0.1) is 0 Å². The minimum absolute atomic E-state index is 0.754. The second kappa shape index (κ2) is 7.67. The average molecular weight is 478 g/mol. The maximum atomic E-state index is 6.46. The Labute approximate surface area is 213 Å². The molecule has 5 heteroatoms. The van der Waals surface area contributed by atoms with Crippen LogP contribution in [0.1, 0.15) is 0 Å². The minimum Gasteiger partial charge on any atom is -0.453 e. The molecular formula is C32H19N3O2. The first-order valence-electron chi connectivity index (χ1n) is 12.2. The zero-order chi connectivity index (χ0) is 24.3. The summed E-state index contributed by atoms with van der Waals surface area (Å²) in [6.45, 7) is 0. The third kappa shape index (κ3) is 3.04. The fourth-order valence-corrected chi connectivity index (χ4v) is 5.15. The highest BCUT2D eigenvalue weighted by molar-refractivity contribution is 5.95. The molecule has 0 fully saturated rings. The molecule has 5 aromatic carbocycles. The molecule has 5 nitrogen and oxygen atoms in total. The van der Waals surface area contributed by atoms with Gasteiger partial charge in [0.05, 0.1) is 33.8 Å². The summed E-state index contributed by atoms with van der Waals surface area (Å²) in [4.78, 5) is 12.3. The van der Waals surface area contributed by atoms with Gasteiger partial charge in [0, 0.05) is 11.1 Å². The van der Waals surface area contributed by atoms with Crippen LogP contribution in [0.15, 0.2) is 115 Å². The maximum Gasteiger partial charge on any atom is 0.155 e. The van der Waals surface area contributed by atoms with Gasteiger partial charge in [0.1, 0.15) is 5.69 Å². The predicted molar refractivity (Wildman–Crippen MR) is 145 cm³/mol. The molecule has 2 aliphatic rings. The van der Waals surface area contributed by atoms with E-state index in [4.69, 9.17) is 19.4 Å². The smallest absolute Gasteiger partial charge is 0.155 e. The number of rotatable bonds is 2. The number of fused-ring (bicyclic) bond motifs is 5. The van der Waals surface area contributed by atoms with Gasteiger partial charge in [0.2, 0.25) is 0 Å². The molecule has 0 N–H and O–H groups in total. The summed E-state index contributed by atoms with van der Waals surface area (Å²) in [6.07, 6.45) is 0. The van der Waals surface area contributed by atoms with Crippen LogP contribution in [0.3, 0.4) is 0 Å². The molecule has 0 atom stereocenters. The fraction of sp³-hybridized carbons (Fsp3) is 0. The Balaban J connectivity index is 1.34. The van der Waals surface area contributed by atoms with Crippen LogP contribution in [-0.4, -0.2) is 9.97 Å². The van der Waals surface area contributed by atoms with E-state index in [0.29, 0.717) is 0 Å². The highest BCUT2D eigenvalue weighted by Crippen LogP contribution is 2.59. The standard InChI is InChI=1S/C32H19N3O2/c1-2-9-20(10-3-1)30-31(34-23-12-5-4-11-22(23)33-30)21-17-18-25-29(19-21)37-28-16-8-15-27-32(28)35(25)24-13-6-7-14-26(24)36-27/h1-19H. The van der Waals surface area contributed by atoms with Crippen molar-refractivity contribution in [3.8, 4) is 45.5 Å². The van der Waals surface area contributed by atoms with Crippen molar-refractivity contribution >= 4 is 28.1 Å². The summed E-state index contributed by atoms with van der Waals surface area (Å²) in [6, 6.07) is 38.4. The molecular weight excluding hydrogens is 458 g/mol. The third-order valence-corrected chi connectivity index (χ3v) is 6.82. The monoisotopic (exact) mass is 477 g/mol. The lowest BCUT2D eigenvalue weighted by atomic mass is 10.0. The van der Waals surface area contributed by atoms with Gasteiger partial charge in [-0.3, -0.25) is 4.90 Å². The first kappa shape index (κ1) is 20.1. The zero-order valence-electron chi connectivity index (χ0n) is 19.6. The van der Waals surface area contributed by atoms with E-state index in [2.05, 4.69) is 41.3 Å². The summed E-state index contributed by atoms with van der Waals surface area (Å²) in [5, 5.41) is 0. The Kier molecular flexibility index (Phi) is 4.16. The van der Waals surface area contributed by atoms with Crippen molar-refractivity contribution in [2.75, 3.05) is 4.90 Å². The third-order valence-electron chi connectivity index (χ3n) is 6.82. The minimum atomic E-state index is 0.754. The van der Waals surface area contributed by atoms with Crippen molar-refractivity contribution in [1.82, 2.24) is 9.97 Å². The lowest BCUT2D eigenvalue weighted by molar-refractivity contribution is 0.446. The molecule has 0 bridgehead atoms. The number of hydrogen-bond acceptors (Lipinski definition) is 5. The van der Waals surface area contributed by atoms with Gasteiger partial charge < -0.3 is 9.47 Å². The van der Waals surface area contributed by atoms with Crippen LogP contribution >= 0.6 is 0 Å². The molecule has 0 amide bonds. The number of benzene rings is 5. The second-order valence-electron chi connectivity index (χ2n) is 9.07. The summed E-state index contributed by atoms with van der Waals surface area (Å²) in [5.41, 5.74) is 8.19. The second-order valence-corrected chi connectivity index (χ2v) is 9.07. The van der Waals surface area contributed by atoms with Crippen LogP contribution in [0.4, 0.5) is 17.1 Å². The van der Waals surface area contributed by atoms with Gasteiger partial charge in [-0.05, 0) is 48.5 Å². The molecule has 37 heavy (non-hydrogen) atoms. The highest BCUT2D eigenvalue weighted by atomic mass is 16.5. The molecule has 0 unspecified atom stereocenters. The fourth-order valence-electron chi connectivity index (χ4n) is 5.15. The van der Waals surface area contributed by atoms with Gasteiger partial charge in [-0.1, -0.05) is 66.7 Å². The van der Waals surface area contributed by atoms with Crippen LogP contribution in [0.25, 0.3) is 33.5 Å². The number of ether oxygens (including phenoxy) is 2. The number of anilines is 3. The average Bonchev–Trinajstić information content (AvgIpc) is 2.96. The van der Waals surface area contributed by atoms with E-state index in [1.165, 1.54) is 0 Å². The van der Waals surface area contributed by atoms with E-state index in [1.807, 2.05) is 78.9 Å². The van der Waals surface area contributed by atoms with Crippen molar-refractivity contribution in [2.45, 2.75) is 0 Å². The zero-order valence-corrected chi connectivity index (χ0v) is 19.6. The van der Waals surface area contributed by atoms with Crippen molar-refractivity contribution in [3.05, 3.63) is 115 Å². The molecule has 0 saturated carbocycles. The van der Waals surface area contributed by atoms with Crippen molar-refractivity contribution < 1.29 is 9.47 Å². The largest absolute Gasteiger partial charge is 0.453 e. The first-order valence-corrected chi connectivity index (χ1v) is 12.2. The summed E-state index contributed by atoms with van der Waals surface area (Å²) in [7, 11) is 0. The van der Waals surface area contributed by atoms with E-state index in [1.54, 1.807) is 0 Å².